The Balaban J connectivity index is 1.13. The van der Waals surface area contributed by atoms with Crippen LogP contribution in [0.25, 0.3) is 6.08 Å². The Morgan fingerprint density at radius 3 is 2.34 bits per heavy atom. The van der Waals surface area contributed by atoms with Crippen LogP contribution in [0.3, 0.4) is 0 Å². The van der Waals surface area contributed by atoms with E-state index in [0.29, 0.717) is 40.2 Å². The minimum Gasteiger partial charge on any atom is -0.454 e. The number of benzene rings is 3. The fraction of sp³-hybridized carbons (Fsp3) is 0.138. The number of aryl methyl sites for hydroxylation is 1. The number of anilines is 2. The van der Waals surface area contributed by atoms with E-state index in [2.05, 4.69) is 10.6 Å². The Bertz CT molecular complexity index is 1570. The average molecular weight is 574 g/mol. The maximum atomic E-state index is 12.8. The maximum Gasteiger partial charge on any atom is 0.338 e. The molecule has 0 aromatic heterocycles. The molecule has 41 heavy (non-hydrogen) atoms. The van der Waals surface area contributed by atoms with Gasteiger partial charge < -0.3 is 24.8 Å². The summed E-state index contributed by atoms with van der Waals surface area (Å²) in [4.78, 5) is 63.2. The Hall–Kier alpha value is -5.10. The molecule has 0 radical (unpaired) electrons. The lowest BCUT2D eigenvalue weighted by Gasteiger charge is -2.12. The van der Waals surface area contributed by atoms with E-state index in [1.165, 1.54) is 18.2 Å². The molecule has 4 amide bonds. The van der Waals surface area contributed by atoms with E-state index in [0.717, 1.165) is 10.5 Å². The zero-order valence-corrected chi connectivity index (χ0v) is 22.5. The zero-order valence-electron chi connectivity index (χ0n) is 21.7. The second kappa shape index (κ2) is 12.0. The third kappa shape index (κ3) is 6.73. The minimum atomic E-state index is -0.690. The molecule has 2 N–H and O–H groups in total. The van der Waals surface area contributed by atoms with Gasteiger partial charge in [-0.15, -0.1) is 0 Å². The minimum absolute atomic E-state index is 0.0936. The molecule has 2 aliphatic heterocycles. The van der Waals surface area contributed by atoms with Gasteiger partial charge in [-0.2, -0.15) is 0 Å². The van der Waals surface area contributed by atoms with Gasteiger partial charge in [0.05, 0.1) is 10.5 Å². The number of amides is 4. The molecule has 0 spiro atoms. The number of thioether (sulfide) groups is 1. The second-order valence-corrected chi connectivity index (χ2v) is 9.99. The SMILES string of the molecule is Cc1ccc(NC(=O)COC(=O)c2ccc(C=C3SC(=O)N(CC(=O)Nc4ccc5c(c4)OCO5)C3=O)cc2)cc1. The highest BCUT2D eigenvalue weighted by molar-refractivity contribution is 8.18. The predicted molar refractivity (Wildman–Crippen MR) is 150 cm³/mol. The van der Waals surface area contributed by atoms with Gasteiger partial charge in [0.1, 0.15) is 6.54 Å². The smallest absolute Gasteiger partial charge is 0.338 e. The third-order valence-corrected chi connectivity index (χ3v) is 6.85. The summed E-state index contributed by atoms with van der Waals surface area (Å²) in [6.45, 7) is 1.11. The molecule has 3 aromatic carbocycles. The molecule has 0 saturated carbocycles. The normalized spacial score (nSPS) is 14.8. The van der Waals surface area contributed by atoms with Crippen molar-refractivity contribution in [3.8, 4) is 11.5 Å². The van der Waals surface area contributed by atoms with Crippen LogP contribution < -0.4 is 20.1 Å². The number of nitrogens with zero attached hydrogens (tertiary/aromatic N) is 1. The molecule has 5 rings (SSSR count). The summed E-state index contributed by atoms with van der Waals surface area (Å²) in [5, 5.41) is 4.70. The third-order valence-electron chi connectivity index (χ3n) is 5.95. The summed E-state index contributed by atoms with van der Waals surface area (Å²) in [7, 11) is 0. The van der Waals surface area contributed by atoms with E-state index in [1.54, 1.807) is 42.5 Å². The van der Waals surface area contributed by atoms with Crippen molar-refractivity contribution >= 4 is 58.1 Å². The van der Waals surface area contributed by atoms with Gasteiger partial charge in [0, 0.05) is 17.4 Å². The summed E-state index contributed by atoms with van der Waals surface area (Å²) in [5.74, 6) is -1.28. The van der Waals surface area contributed by atoms with Crippen LogP contribution in [-0.2, 0) is 19.1 Å². The van der Waals surface area contributed by atoms with Crippen molar-refractivity contribution in [1.29, 1.82) is 0 Å². The Kier molecular flexibility index (Phi) is 8.01. The summed E-state index contributed by atoms with van der Waals surface area (Å²) in [6.07, 6.45) is 1.49. The van der Waals surface area contributed by atoms with Gasteiger partial charge in [-0.1, -0.05) is 29.8 Å². The van der Waals surface area contributed by atoms with Crippen LogP contribution in [0.15, 0.2) is 71.6 Å². The maximum absolute atomic E-state index is 12.8. The fourth-order valence-electron chi connectivity index (χ4n) is 3.87. The largest absolute Gasteiger partial charge is 0.454 e. The van der Waals surface area contributed by atoms with Gasteiger partial charge >= 0.3 is 5.97 Å². The first-order valence-corrected chi connectivity index (χ1v) is 13.2. The van der Waals surface area contributed by atoms with E-state index in [-0.39, 0.29) is 17.3 Å². The molecule has 0 atom stereocenters. The fourth-order valence-corrected chi connectivity index (χ4v) is 4.71. The summed E-state index contributed by atoms with van der Waals surface area (Å²) < 4.78 is 15.6. The molecular weight excluding hydrogens is 550 g/mol. The van der Waals surface area contributed by atoms with Crippen molar-refractivity contribution in [2.45, 2.75) is 6.92 Å². The van der Waals surface area contributed by atoms with Crippen molar-refractivity contribution < 1.29 is 38.2 Å². The van der Waals surface area contributed by atoms with Crippen molar-refractivity contribution in [2.75, 3.05) is 30.6 Å². The molecular formula is C29H23N3O8S. The molecule has 0 unspecified atom stereocenters. The van der Waals surface area contributed by atoms with Crippen LogP contribution in [0, 0.1) is 6.92 Å². The lowest BCUT2D eigenvalue weighted by molar-refractivity contribution is -0.127. The average Bonchev–Trinajstić information content (AvgIpc) is 3.53. The molecule has 208 valence electrons. The van der Waals surface area contributed by atoms with Gasteiger partial charge in [-0.05, 0) is 66.7 Å². The number of carbonyl (C=O) groups is 5. The molecule has 1 fully saturated rings. The van der Waals surface area contributed by atoms with Crippen molar-refractivity contribution in [2.24, 2.45) is 0 Å². The molecule has 2 aliphatic rings. The molecule has 1 saturated heterocycles. The number of carbonyl (C=O) groups excluding carboxylic acids is 5. The summed E-state index contributed by atoms with van der Waals surface area (Å²) in [6, 6.07) is 18.2. The van der Waals surface area contributed by atoms with E-state index < -0.39 is 42.1 Å². The van der Waals surface area contributed by atoms with Crippen LogP contribution in [0.1, 0.15) is 21.5 Å². The van der Waals surface area contributed by atoms with Crippen LogP contribution in [0.4, 0.5) is 16.2 Å². The number of fused-ring (bicyclic) bond motifs is 1. The first-order valence-electron chi connectivity index (χ1n) is 12.3. The van der Waals surface area contributed by atoms with E-state index in [1.807, 2.05) is 19.1 Å². The number of hydrogen-bond acceptors (Lipinski definition) is 9. The van der Waals surface area contributed by atoms with Crippen molar-refractivity contribution in [3.05, 3.63) is 88.3 Å². The van der Waals surface area contributed by atoms with Crippen LogP contribution in [0.5, 0.6) is 11.5 Å². The molecule has 3 aromatic rings. The number of ether oxygens (including phenoxy) is 3. The van der Waals surface area contributed by atoms with E-state index >= 15 is 0 Å². The first-order chi connectivity index (χ1) is 19.7. The van der Waals surface area contributed by atoms with E-state index in [4.69, 9.17) is 14.2 Å². The van der Waals surface area contributed by atoms with Crippen LogP contribution >= 0.6 is 11.8 Å². The van der Waals surface area contributed by atoms with Gasteiger partial charge in [0.25, 0.3) is 17.1 Å². The Labute approximate surface area is 238 Å². The summed E-state index contributed by atoms with van der Waals surface area (Å²) >= 11 is 0.710. The highest BCUT2D eigenvalue weighted by atomic mass is 32.2. The van der Waals surface area contributed by atoms with Gasteiger partial charge in [-0.3, -0.25) is 24.1 Å². The lowest BCUT2D eigenvalue weighted by Crippen LogP contribution is -2.36. The monoisotopic (exact) mass is 573 g/mol. The molecule has 12 heteroatoms. The molecule has 0 bridgehead atoms. The van der Waals surface area contributed by atoms with Crippen molar-refractivity contribution in [1.82, 2.24) is 4.90 Å². The van der Waals surface area contributed by atoms with Crippen LogP contribution in [-0.4, -0.2) is 53.8 Å². The number of hydrogen-bond donors (Lipinski definition) is 2. The van der Waals surface area contributed by atoms with Gasteiger partial charge in [0.2, 0.25) is 12.7 Å². The second-order valence-electron chi connectivity index (χ2n) is 9.00. The zero-order chi connectivity index (χ0) is 28.9. The highest BCUT2D eigenvalue weighted by Gasteiger charge is 2.36. The number of esters is 1. The quantitative estimate of drug-likeness (QED) is 0.300. The number of rotatable bonds is 8. The molecule has 11 nitrogen and oxygen atoms in total. The standard InChI is InChI=1S/C29H23N3O8S/c1-17-2-8-20(9-3-17)30-26(34)15-38-28(36)19-6-4-18(5-7-19)12-24-27(35)32(29(37)41-24)14-25(33)31-21-10-11-22-23(13-21)40-16-39-22/h2-13H,14-16H2,1H3,(H,30,34)(H,31,33). The predicted octanol–water partition coefficient (Wildman–Crippen LogP) is 4.19. The van der Waals surface area contributed by atoms with Crippen molar-refractivity contribution in [3.63, 3.8) is 0 Å². The Morgan fingerprint density at radius 1 is 0.902 bits per heavy atom. The first kappa shape index (κ1) is 27.5. The molecule has 0 aliphatic carbocycles. The summed E-state index contributed by atoms with van der Waals surface area (Å²) in [5.41, 5.74) is 2.84. The lowest BCUT2D eigenvalue weighted by atomic mass is 10.1. The number of nitrogens with one attached hydrogen (secondary N) is 2. The number of imide groups is 1. The van der Waals surface area contributed by atoms with Gasteiger partial charge in [0.15, 0.2) is 18.1 Å². The highest BCUT2D eigenvalue weighted by Crippen LogP contribution is 2.35. The van der Waals surface area contributed by atoms with Gasteiger partial charge in [-0.25, -0.2) is 4.79 Å². The van der Waals surface area contributed by atoms with Crippen LogP contribution in [0.2, 0.25) is 0 Å². The molecule has 2 heterocycles. The topological polar surface area (TPSA) is 140 Å². The van der Waals surface area contributed by atoms with E-state index in [9.17, 15) is 24.0 Å². The Morgan fingerprint density at radius 2 is 1.59 bits per heavy atom.